The summed E-state index contributed by atoms with van der Waals surface area (Å²) in [6, 6.07) is 5.75. The summed E-state index contributed by atoms with van der Waals surface area (Å²) < 4.78 is 0. The predicted molar refractivity (Wildman–Crippen MR) is 69.6 cm³/mol. The molecule has 0 fully saturated rings. The number of phenolic OH excluding ortho intramolecular Hbond substituents is 2. The zero-order chi connectivity index (χ0) is 12.4. The number of nitrogens with zero attached hydrogens (tertiary/aromatic N) is 2. The second-order valence-electron chi connectivity index (χ2n) is 3.27. The number of nitrogens with one attached hydrogen (secondary N) is 1. The number of rotatable bonds is 2. The van der Waals surface area contributed by atoms with E-state index in [2.05, 4.69) is 40.5 Å². The van der Waals surface area contributed by atoms with Gasteiger partial charge in [0.25, 0.3) is 0 Å². The maximum absolute atomic E-state index is 9.32. The van der Waals surface area contributed by atoms with Crippen molar-refractivity contribution in [3.63, 3.8) is 0 Å². The van der Waals surface area contributed by atoms with Crippen LogP contribution in [0.4, 0.5) is 11.5 Å². The highest BCUT2D eigenvalue weighted by Gasteiger charge is 2.03. The smallest absolute Gasteiger partial charge is 0.187 e. The molecule has 0 aliphatic rings. The molecule has 1 heterocycles. The molecule has 0 saturated carbocycles. The molecular formula is C10H9N3O2S2. The number of aromatic hydroxyl groups is 2. The lowest BCUT2D eigenvalue weighted by Gasteiger charge is -2.07. The molecular weight excluding hydrogens is 258 g/mol. The van der Waals surface area contributed by atoms with Crippen LogP contribution in [0.15, 0.2) is 34.4 Å². The Labute approximate surface area is 108 Å². The molecule has 0 aliphatic heterocycles. The van der Waals surface area contributed by atoms with Gasteiger partial charge in [-0.05, 0) is 0 Å². The van der Waals surface area contributed by atoms with Crippen molar-refractivity contribution >= 4 is 36.8 Å². The topological polar surface area (TPSA) is 78.3 Å². The van der Waals surface area contributed by atoms with Crippen LogP contribution in [0, 0.1) is 0 Å². The Morgan fingerprint density at radius 1 is 0.941 bits per heavy atom. The van der Waals surface area contributed by atoms with Gasteiger partial charge in [0, 0.05) is 30.0 Å². The van der Waals surface area contributed by atoms with Gasteiger partial charge in [0.1, 0.15) is 17.3 Å². The minimum Gasteiger partial charge on any atom is -0.508 e. The zero-order valence-electron chi connectivity index (χ0n) is 8.49. The molecule has 3 N–H and O–H groups in total. The lowest BCUT2D eigenvalue weighted by atomic mass is 10.3. The number of phenols is 2. The molecule has 0 saturated heterocycles. The maximum atomic E-state index is 9.32. The average molecular weight is 267 g/mol. The first kappa shape index (κ1) is 11.9. The molecule has 5 nitrogen and oxygen atoms in total. The monoisotopic (exact) mass is 267 g/mol. The van der Waals surface area contributed by atoms with Crippen LogP contribution >= 0.6 is 25.3 Å². The van der Waals surface area contributed by atoms with Crippen LogP contribution in [0.5, 0.6) is 11.5 Å². The Bertz CT molecular complexity index is 473. The first-order valence-electron chi connectivity index (χ1n) is 4.60. The van der Waals surface area contributed by atoms with Crippen LogP contribution in [-0.4, -0.2) is 20.2 Å². The molecule has 88 valence electrons. The molecule has 2 aromatic rings. The molecule has 0 amide bonds. The van der Waals surface area contributed by atoms with Crippen LogP contribution < -0.4 is 5.32 Å². The Kier molecular flexibility index (Phi) is 3.30. The predicted octanol–water partition coefficient (Wildman–Crippen LogP) is 2.21. The molecule has 1 aromatic carbocycles. The van der Waals surface area contributed by atoms with Crippen molar-refractivity contribution < 1.29 is 10.2 Å². The summed E-state index contributed by atoms with van der Waals surface area (Å²) in [7, 11) is 0. The van der Waals surface area contributed by atoms with E-state index in [4.69, 9.17) is 0 Å². The molecule has 0 radical (unpaired) electrons. The van der Waals surface area contributed by atoms with Crippen LogP contribution in [-0.2, 0) is 0 Å². The molecule has 0 aliphatic carbocycles. The van der Waals surface area contributed by atoms with E-state index in [1.54, 1.807) is 6.07 Å². The van der Waals surface area contributed by atoms with Crippen molar-refractivity contribution in [2.75, 3.05) is 5.32 Å². The highest BCUT2D eigenvalue weighted by molar-refractivity contribution is 7.80. The lowest BCUT2D eigenvalue weighted by molar-refractivity contribution is 0.451. The summed E-state index contributed by atoms with van der Waals surface area (Å²) in [4.78, 5) is 7.91. The summed E-state index contributed by atoms with van der Waals surface area (Å²) >= 11 is 8.11. The molecule has 0 bridgehead atoms. The molecule has 1 aromatic heterocycles. The molecule has 17 heavy (non-hydrogen) atoms. The highest BCUT2D eigenvalue weighted by Crippen LogP contribution is 2.26. The third kappa shape index (κ3) is 3.18. The maximum Gasteiger partial charge on any atom is 0.187 e. The van der Waals surface area contributed by atoms with Crippen molar-refractivity contribution in [2.24, 2.45) is 0 Å². The van der Waals surface area contributed by atoms with Crippen LogP contribution in [0.25, 0.3) is 0 Å². The van der Waals surface area contributed by atoms with Gasteiger partial charge >= 0.3 is 0 Å². The molecule has 2 rings (SSSR count). The van der Waals surface area contributed by atoms with Crippen molar-refractivity contribution in [1.29, 1.82) is 0 Å². The van der Waals surface area contributed by atoms with E-state index in [0.29, 0.717) is 16.5 Å². The number of benzene rings is 1. The van der Waals surface area contributed by atoms with E-state index in [-0.39, 0.29) is 16.7 Å². The summed E-state index contributed by atoms with van der Waals surface area (Å²) in [5, 5.41) is 22.3. The third-order valence-corrected chi connectivity index (χ3v) is 2.30. The van der Waals surface area contributed by atoms with Crippen molar-refractivity contribution in [3.8, 4) is 11.5 Å². The van der Waals surface area contributed by atoms with E-state index < -0.39 is 0 Å². The Morgan fingerprint density at radius 2 is 1.59 bits per heavy atom. The van der Waals surface area contributed by atoms with Crippen molar-refractivity contribution in [2.45, 2.75) is 10.2 Å². The molecule has 0 spiro atoms. The van der Waals surface area contributed by atoms with Gasteiger partial charge in [0.2, 0.25) is 0 Å². The standard InChI is InChI=1S/C10H9N3O2S2/c14-6-1-5(2-7(15)3-6)11-8-4-9(16)13-10(17)12-8/h1-4,14-15H,(H3,11,12,13,16,17). The average Bonchev–Trinajstić information content (AvgIpc) is 2.13. The minimum atomic E-state index is -0.0428. The van der Waals surface area contributed by atoms with Gasteiger partial charge < -0.3 is 15.5 Å². The SMILES string of the molecule is Oc1cc(O)cc(Nc2cc(S)nc(S)n2)c1. The van der Waals surface area contributed by atoms with E-state index in [0.717, 1.165) is 0 Å². The number of hydrogen-bond acceptors (Lipinski definition) is 7. The van der Waals surface area contributed by atoms with Gasteiger partial charge in [-0.15, -0.1) is 25.3 Å². The first-order valence-corrected chi connectivity index (χ1v) is 5.49. The zero-order valence-corrected chi connectivity index (χ0v) is 10.3. The first-order chi connectivity index (χ1) is 8.02. The van der Waals surface area contributed by atoms with Gasteiger partial charge in [0.05, 0.1) is 5.03 Å². The van der Waals surface area contributed by atoms with Gasteiger partial charge in [0.15, 0.2) is 5.16 Å². The highest BCUT2D eigenvalue weighted by atomic mass is 32.1. The number of anilines is 2. The lowest BCUT2D eigenvalue weighted by Crippen LogP contribution is -1.96. The summed E-state index contributed by atoms with van der Waals surface area (Å²) in [5.41, 5.74) is 0.502. The largest absolute Gasteiger partial charge is 0.508 e. The quantitative estimate of drug-likeness (QED) is 0.327. The summed E-state index contributed by atoms with van der Waals surface area (Å²) in [6.45, 7) is 0. The fourth-order valence-electron chi connectivity index (χ4n) is 1.30. The Morgan fingerprint density at radius 3 is 2.18 bits per heavy atom. The summed E-state index contributed by atoms with van der Waals surface area (Å²) in [6.07, 6.45) is 0. The number of thiol groups is 2. The van der Waals surface area contributed by atoms with Crippen LogP contribution in [0.2, 0.25) is 0 Å². The van der Waals surface area contributed by atoms with Gasteiger partial charge in [-0.1, -0.05) is 0 Å². The minimum absolute atomic E-state index is 0.0428. The Balaban J connectivity index is 2.31. The van der Waals surface area contributed by atoms with E-state index >= 15 is 0 Å². The van der Waals surface area contributed by atoms with Gasteiger partial charge in [-0.2, -0.15) is 0 Å². The van der Waals surface area contributed by atoms with Crippen LogP contribution in [0.3, 0.4) is 0 Å². The van der Waals surface area contributed by atoms with Gasteiger partial charge in [-0.3, -0.25) is 0 Å². The fourth-order valence-corrected chi connectivity index (χ4v) is 1.81. The Hall–Kier alpha value is -1.60. The van der Waals surface area contributed by atoms with E-state index in [1.165, 1.54) is 18.2 Å². The second kappa shape index (κ2) is 4.72. The molecule has 0 atom stereocenters. The fraction of sp³-hybridized carbons (Fsp3) is 0. The van der Waals surface area contributed by atoms with Crippen LogP contribution in [0.1, 0.15) is 0 Å². The van der Waals surface area contributed by atoms with Crippen molar-refractivity contribution in [1.82, 2.24) is 9.97 Å². The number of aromatic nitrogens is 2. The van der Waals surface area contributed by atoms with E-state index in [1.807, 2.05) is 0 Å². The van der Waals surface area contributed by atoms with Crippen molar-refractivity contribution in [3.05, 3.63) is 24.3 Å². The van der Waals surface area contributed by atoms with Gasteiger partial charge in [-0.25, -0.2) is 9.97 Å². The number of hydrogen-bond donors (Lipinski definition) is 5. The summed E-state index contributed by atoms with van der Waals surface area (Å²) in [5.74, 6) is 0.387. The molecule has 7 heteroatoms. The molecule has 0 unspecified atom stereocenters. The third-order valence-electron chi connectivity index (χ3n) is 1.88. The van der Waals surface area contributed by atoms with E-state index in [9.17, 15) is 10.2 Å². The second-order valence-corrected chi connectivity index (χ2v) is 4.13. The normalized spacial score (nSPS) is 10.2.